The molecule has 0 aliphatic carbocycles. The van der Waals surface area contributed by atoms with Crippen molar-refractivity contribution in [2.45, 2.75) is 58.8 Å². The Morgan fingerprint density at radius 2 is 1.67 bits per heavy atom. The topological polar surface area (TPSA) is 54.9 Å². The lowest BCUT2D eigenvalue weighted by Gasteiger charge is -2.12. The number of anilines is 1. The first-order valence-electron chi connectivity index (χ1n) is 10.9. The van der Waals surface area contributed by atoms with Crippen LogP contribution in [0.2, 0.25) is 0 Å². The van der Waals surface area contributed by atoms with Gasteiger partial charge in [0.1, 0.15) is 0 Å². The fourth-order valence-corrected chi connectivity index (χ4v) is 3.39. The number of carbonyl (C=O) groups excluding carboxylic acids is 1. The molecule has 1 heterocycles. The van der Waals surface area contributed by atoms with Gasteiger partial charge in [-0.1, -0.05) is 92.8 Å². The summed E-state index contributed by atoms with van der Waals surface area (Å²) in [6, 6.07) is 18.4. The molecule has 0 aliphatic heterocycles. The molecule has 1 N–H and O–H groups in total. The third-order valence-corrected chi connectivity index (χ3v) is 5.17. The standard InChI is InChI=1S/C26H31N3O/c1-3-4-5-6-10-13-25(30)29-26-23(18-21-11-8-7-9-12-21)28-24(19-27-26)22-16-14-20(2)15-17-22/h7-9,11-12,14-17,19H,3-6,10,13,18H2,1-2H3,(H,27,29,30). The zero-order valence-electron chi connectivity index (χ0n) is 18.0. The molecule has 0 atom stereocenters. The monoisotopic (exact) mass is 401 g/mol. The molecule has 30 heavy (non-hydrogen) atoms. The maximum atomic E-state index is 12.5. The van der Waals surface area contributed by atoms with Gasteiger partial charge in [0.2, 0.25) is 5.91 Å². The first kappa shape index (κ1) is 21.7. The van der Waals surface area contributed by atoms with Crippen LogP contribution in [0, 0.1) is 6.92 Å². The van der Waals surface area contributed by atoms with E-state index in [0.717, 1.165) is 35.4 Å². The summed E-state index contributed by atoms with van der Waals surface area (Å²) in [5.74, 6) is 0.575. The zero-order chi connectivity index (χ0) is 21.2. The minimum absolute atomic E-state index is 0.0122. The molecular formula is C26H31N3O. The number of carbonyl (C=O) groups is 1. The van der Waals surface area contributed by atoms with Gasteiger partial charge in [-0.3, -0.25) is 4.79 Å². The van der Waals surface area contributed by atoms with E-state index in [1.54, 1.807) is 6.20 Å². The second-order valence-electron chi connectivity index (χ2n) is 7.79. The molecule has 0 radical (unpaired) electrons. The molecule has 3 rings (SSSR count). The van der Waals surface area contributed by atoms with Gasteiger partial charge in [0.05, 0.1) is 17.6 Å². The van der Waals surface area contributed by atoms with Crippen molar-refractivity contribution in [3.05, 3.63) is 77.6 Å². The van der Waals surface area contributed by atoms with Crippen LogP contribution in [0.25, 0.3) is 11.3 Å². The molecule has 3 aromatic rings. The number of rotatable bonds is 10. The molecule has 2 aromatic carbocycles. The van der Waals surface area contributed by atoms with Gasteiger partial charge in [0, 0.05) is 18.4 Å². The second-order valence-corrected chi connectivity index (χ2v) is 7.79. The second kappa shape index (κ2) is 11.2. The van der Waals surface area contributed by atoms with Crippen molar-refractivity contribution in [3.8, 4) is 11.3 Å². The van der Waals surface area contributed by atoms with Crippen molar-refractivity contribution in [1.29, 1.82) is 0 Å². The summed E-state index contributed by atoms with van der Waals surface area (Å²) in [6.45, 7) is 4.26. The first-order valence-corrected chi connectivity index (χ1v) is 10.9. The average molecular weight is 402 g/mol. The smallest absolute Gasteiger partial charge is 0.225 e. The van der Waals surface area contributed by atoms with E-state index < -0.39 is 0 Å². The number of nitrogens with zero attached hydrogens (tertiary/aromatic N) is 2. The number of hydrogen-bond donors (Lipinski definition) is 1. The van der Waals surface area contributed by atoms with Gasteiger partial charge >= 0.3 is 0 Å². The number of benzene rings is 2. The van der Waals surface area contributed by atoms with Crippen molar-refractivity contribution < 1.29 is 4.79 Å². The van der Waals surface area contributed by atoms with Gasteiger partial charge in [-0.2, -0.15) is 0 Å². The number of nitrogens with one attached hydrogen (secondary N) is 1. The van der Waals surface area contributed by atoms with Crippen LogP contribution in [-0.2, 0) is 11.2 Å². The van der Waals surface area contributed by atoms with Gasteiger partial charge in [0.25, 0.3) is 0 Å². The lowest BCUT2D eigenvalue weighted by Crippen LogP contribution is -2.15. The zero-order valence-corrected chi connectivity index (χ0v) is 18.0. The molecule has 0 spiro atoms. The molecule has 0 saturated carbocycles. The molecule has 156 valence electrons. The highest BCUT2D eigenvalue weighted by Crippen LogP contribution is 2.22. The Bertz CT molecular complexity index is 936. The largest absolute Gasteiger partial charge is 0.309 e. The normalized spacial score (nSPS) is 10.7. The van der Waals surface area contributed by atoms with E-state index in [2.05, 4.69) is 60.5 Å². The van der Waals surface area contributed by atoms with E-state index in [0.29, 0.717) is 18.7 Å². The number of unbranched alkanes of at least 4 members (excludes halogenated alkanes) is 4. The predicted octanol–water partition coefficient (Wildman–Crippen LogP) is 6.34. The fourth-order valence-electron chi connectivity index (χ4n) is 3.39. The van der Waals surface area contributed by atoms with Crippen LogP contribution in [0.3, 0.4) is 0 Å². The molecular weight excluding hydrogens is 370 g/mol. The molecule has 4 nitrogen and oxygen atoms in total. The minimum atomic E-state index is 0.0122. The summed E-state index contributed by atoms with van der Waals surface area (Å²) in [5, 5.41) is 3.00. The number of aromatic nitrogens is 2. The van der Waals surface area contributed by atoms with Crippen molar-refractivity contribution in [2.24, 2.45) is 0 Å². The molecule has 0 aliphatic rings. The summed E-state index contributed by atoms with van der Waals surface area (Å²) < 4.78 is 0. The Balaban J connectivity index is 1.77. The van der Waals surface area contributed by atoms with Crippen molar-refractivity contribution >= 4 is 11.7 Å². The van der Waals surface area contributed by atoms with Gasteiger partial charge < -0.3 is 5.32 Å². The maximum absolute atomic E-state index is 12.5. The fraction of sp³-hybridized carbons (Fsp3) is 0.346. The molecule has 0 fully saturated rings. The summed E-state index contributed by atoms with van der Waals surface area (Å²) in [5.41, 5.74) is 4.98. The van der Waals surface area contributed by atoms with Crippen molar-refractivity contribution in [1.82, 2.24) is 9.97 Å². The van der Waals surface area contributed by atoms with Crippen molar-refractivity contribution in [2.75, 3.05) is 5.32 Å². The average Bonchev–Trinajstić information content (AvgIpc) is 2.76. The predicted molar refractivity (Wildman–Crippen MR) is 123 cm³/mol. The van der Waals surface area contributed by atoms with E-state index in [4.69, 9.17) is 4.98 Å². The summed E-state index contributed by atoms with van der Waals surface area (Å²) >= 11 is 0. The third-order valence-electron chi connectivity index (χ3n) is 5.17. The van der Waals surface area contributed by atoms with Gasteiger partial charge in [-0.15, -0.1) is 0 Å². The van der Waals surface area contributed by atoms with Crippen LogP contribution in [0.4, 0.5) is 5.82 Å². The van der Waals surface area contributed by atoms with Crippen LogP contribution < -0.4 is 5.32 Å². The van der Waals surface area contributed by atoms with E-state index in [1.807, 2.05) is 18.2 Å². The Morgan fingerprint density at radius 3 is 2.40 bits per heavy atom. The first-order chi connectivity index (χ1) is 14.7. The Hall–Kier alpha value is -3.01. The highest BCUT2D eigenvalue weighted by Gasteiger charge is 2.13. The van der Waals surface area contributed by atoms with E-state index in [-0.39, 0.29) is 5.91 Å². The lowest BCUT2D eigenvalue weighted by molar-refractivity contribution is -0.116. The van der Waals surface area contributed by atoms with Gasteiger partial charge in [-0.25, -0.2) is 9.97 Å². The highest BCUT2D eigenvalue weighted by molar-refractivity contribution is 5.90. The summed E-state index contributed by atoms with van der Waals surface area (Å²) in [7, 11) is 0. The molecule has 0 unspecified atom stereocenters. The molecule has 0 saturated heterocycles. The maximum Gasteiger partial charge on any atom is 0.225 e. The number of amides is 1. The van der Waals surface area contributed by atoms with Crippen LogP contribution in [0.15, 0.2) is 60.8 Å². The van der Waals surface area contributed by atoms with Crippen LogP contribution in [-0.4, -0.2) is 15.9 Å². The Morgan fingerprint density at radius 1 is 0.933 bits per heavy atom. The van der Waals surface area contributed by atoms with E-state index in [9.17, 15) is 4.79 Å². The van der Waals surface area contributed by atoms with Crippen molar-refractivity contribution in [3.63, 3.8) is 0 Å². The lowest BCUT2D eigenvalue weighted by atomic mass is 10.1. The molecule has 0 bridgehead atoms. The SMILES string of the molecule is CCCCCCCC(=O)Nc1ncc(-c2ccc(C)cc2)nc1Cc1ccccc1. The molecule has 1 amide bonds. The van der Waals surface area contributed by atoms with Gasteiger partial charge in [0.15, 0.2) is 5.82 Å². The quantitative estimate of drug-likeness (QED) is 0.403. The molecule has 1 aromatic heterocycles. The molecule has 4 heteroatoms. The summed E-state index contributed by atoms with van der Waals surface area (Å²) in [6.07, 6.45) is 8.53. The Kier molecular flexibility index (Phi) is 8.13. The summed E-state index contributed by atoms with van der Waals surface area (Å²) in [4.78, 5) is 21.9. The highest BCUT2D eigenvalue weighted by atomic mass is 16.1. The van der Waals surface area contributed by atoms with Crippen LogP contribution in [0.1, 0.15) is 62.3 Å². The minimum Gasteiger partial charge on any atom is -0.309 e. The third kappa shape index (κ3) is 6.51. The van der Waals surface area contributed by atoms with E-state index >= 15 is 0 Å². The van der Waals surface area contributed by atoms with E-state index in [1.165, 1.54) is 24.8 Å². The van der Waals surface area contributed by atoms with Crippen LogP contribution >= 0.6 is 0 Å². The van der Waals surface area contributed by atoms with Gasteiger partial charge in [-0.05, 0) is 18.9 Å². The number of aryl methyl sites for hydroxylation is 1. The number of hydrogen-bond acceptors (Lipinski definition) is 3. The van der Waals surface area contributed by atoms with Crippen LogP contribution in [0.5, 0.6) is 0 Å². The Labute approximate surface area is 179 Å².